The van der Waals surface area contributed by atoms with Gasteiger partial charge in [-0.3, -0.25) is 14.4 Å². The van der Waals surface area contributed by atoms with Gasteiger partial charge in [0.05, 0.1) is 19.1 Å². The van der Waals surface area contributed by atoms with Gasteiger partial charge in [0.2, 0.25) is 11.8 Å². The van der Waals surface area contributed by atoms with Crippen LogP contribution in [0.4, 0.5) is 0 Å². The van der Waals surface area contributed by atoms with Gasteiger partial charge >= 0.3 is 5.97 Å². The highest BCUT2D eigenvalue weighted by Gasteiger charge is 2.38. The Labute approximate surface area is 135 Å². The maximum absolute atomic E-state index is 12.5. The number of nitrogens with one attached hydrogen (secondary N) is 1. The normalized spacial score (nSPS) is 21.0. The number of nitrogens with zero attached hydrogens (tertiary/aromatic N) is 1. The first kappa shape index (κ1) is 17.0. The van der Waals surface area contributed by atoms with Crippen molar-refractivity contribution in [2.75, 3.05) is 20.7 Å². The van der Waals surface area contributed by atoms with Crippen LogP contribution in [-0.2, 0) is 19.1 Å². The van der Waals surface area contributed by atoms with Crippen LogP contribution in [0.1, 0.15) is 30.0 Å². The standard InChI is InChI=1S/C17H22N2O4/c1-11-4-6-12(7-5-11)16-13(8-9-14(20)19(16)2)17(22)18-10-15(21)23-3/h4-7,13,16H,8-10H2,1-3H3,(H,18,22)/t13-,16-/m1/s1. The summed E-state index contributed by atoms with van der Waals surface area (Å²) in [5, 5.41) is 2.60. The van der Waals surface area contributed by atoms with Crippen molar-refractivity contribution in [3.8, 4) is 0 Å². The monoisotopic (exact) mass is 318 g/mol. The molecule has 1 aromatic rings. The molecule has 0 radical (unpaired) electrons. The van der Waals surface area contributed by atoms with E-state index in [1.807, 2.05) is 31.2 Å². The average molecular weight is 318 g/mol. The first-order valence-electron chi connectivity index (χ1n) is 7.60. The Morgan fingerprint density at radius 2 is 1.96 bits per heavy atom. The minimum Gasteiger partial charge on any atom is -0.468 e. The number of carbonyl (C=O) groups excluding carboxylic acids is 3. The molecule has 2 atom stereocenters. The van der Waals surface area contributed by atoms with E-state index in [0.717, 1.165) is 11.1 Å². The van der Waals surface area contributed by atoms with E-state index in [1.165, 1.54) is 7.11 Å². The fourth-order valence-electron chi connectivity index (χ4n) is 2.89. The lowest BCUT2D eigenvalue weighted by atomic mass is 9.83. The second-order valence-corrected chi connectivity index (χ2v) is 5.80. The lowest BCUT2D eigenvalue weighted by Crippen LogP contribution is -2.47. The first-order valence-corrected chi connectivity index (χ1v) is 7.60. The number of esters is 1. The number of benzene rings is 1. The number of likely N-dealkylation sites (tertiary alicyclic amines) is 1. The SMILES string of the molecule is COC(=O)CNC(=O)[C@@H]1CCC(=O)N(C)[C@@H]1c1ccc(C)cc1. The topological polar surface area (TPSA) is 75.7 Å². The van der Waals surface area contributed by atoms with Crippen molar-refractivity contribution in [1.29, 1.82) is 0 Å². The van der Waals surface area contributed by atoms with Gasteiger partial charge in [0.15, 0.2) is 0 Å². The number of aryl methyl sites for hydroxylation is 1. The van der Waals surface area contributed by atoms with E-state index in [2.05, 4.69) is 10.1 Å². The van der Waals surface area contributed by atoms with Gasteiger partial charge in [-0.05, 0) is 18.9 Å². The number of amides is 2. The number of carbonyl (C=O) groups is 3. The molecule has 0 spiro atoms. The van der Waals surface area contributed by atoms with Crippen molar-refractivity contribution in [2.24, 2.45) is 5.92 Å². The molecule has 0 aromatic heterocycles. The molecule has 1 fully saturated rings. The van der Waals surface area contributed by atoms with E-state index in [1.54, 1.807) is 11.9 Å². The minimum atomic E-state index is -0.495. The van der Waals surface area contributed by atoms with Crippen molar-refractivity contribution in [2.45, 2.75) is 25.8 Å². The molecular weight excluding hydrogens is 296 g/mol. The number of hydrogen-bond acceptors (Lipinski definition) is 4. The molecule has 1 saturated heterocycles. The van der Waals surface area contributed by atoms with Crippen molar-refractivity contribution >= 4 is 17.8 Å². The van der Waals surface area contributed by atoms with E-state index in [0.29, 0.717) is 12.8 Å². The highest BCUT2D eigenvalue weighted by molar-refractivity contribution is 5.87. The highest BCUT2D eigenvalue weighted by Crippen LogP contribution is 2.35. The van der Waals surface area contributed by atoms with Gasteiger partial charge in [-0.25, -0.2) is 0 Å². The molecule has 2 rings (SSSR count). The van der Waals surface area contributed by atoms with Crippen LogP contribution in [0.3, 0.4) is 0 Å². The molecular formula is C17H22N2O4. The molecule has 1 heterocycles. The number of methoxy groups -OCH3 is 1. The average Bonchev–Trinajstić information content (AvgIpc) is 2.55. The first-order chi connectivity index (χ1) is 10.9. The molecule has 0 aliphatic carbocycles. The van der Waals surface area contributed by atoms with Gasteiger partial charge in [-0.2, -0.15) is 0 Å². The fraction of sp³-hybridized carbons (Fsp3) is 0.471. The zero-order chi connectivity index (χ0) is 17.0. The zero-order valence-corrected chi connectivity index (χ0v) is 13.7. The van der Waals surface area contributed by atoms with Crippen LogP contribution in [-0.4, -0.2) is 43.4 Å². The Hall–Kier alpha value is -2.37. The Kier molecular flexibility index (Phi) is 5.36. The summed E-state index contributed by atoms with van der Waals surface area (Å²) in [7, 11) is 2.99. The summed E-state index contributed by atoms with van der Waals surface area (Å²) < 4.78 is 4.53. The molecule has 1 N–H and O–H groups in total. The van der Waals surface area contributed by atoms with E-state index in [-0.39, 0.29) is 30.3 Å². The largest absolute Gasteiger partial charge is 0.468 e. The molecule has 23 heavy (non-hydrogen) atoms. The Morgan fingerprint density at radius 3 is 2.57 bits per heavy atom. The summed E-state index contributed by atoms with van der Waals surface area (Å²) in [5.74, 6) is -1.09. The second kappa shape index (κ2) is 7.26. The second-order valence-electron chi connectivity index (χ2n) is 5.80. The molecule has 0 bridgehead atoms. The molecule has 2 amide bonds. The third-order valence-electron chi connectivity index (χ3n) is 4.25. The van der Waals surface area contributed by atoms with Crippen molar-refractivity contribution in [3.05, 3.63) is 35.4 Å². The van der Waals surface area contributed by atoms with Gasteiger partial charge in [0, 0.05) is 13.5 Å². The minimum absolute atomic E-state index is 0.0209. The van der Waals surface area contributed by atoms with Crippen LogP contribution in [0.15, 0.2) is 24.3 Å². The summed E-state index contributed by atoms with van der Waals surface area (Å²) in [6.45, 7) is 1.82. The zero-order valence-electron chi connectivity index (χ0n) is 13.7. The number of rotatable bonds is 4. The number of ether oxygens (including phenoxy) is 1. The van der Waals surface area contributed by atoms with Crippen molar-refractivity contribution in [3.63, 3.8) is 0 Å². The molecule has 0 unspecified atom stereocenters. The molecule has 0 saturated carbocycles. The van der Waals surface area contributed by atoms with E-state index < -0.39 is 5.97 Å². The molecule has 6 heteroatoms. The predicted molar refractivity (Wildman–Crippen MR) is 84.4 cm³/mol. The van der Waals surface area contributed by atoms with Gasteiger partial charge in [0.25, 0.3) is 0 Å². The van der Waals surface area contributed by atoms with Crippen LogP contribution in [0.5, 0.6) is 0 Å². The lowest BCUT2D eigenvalue weighted by molar-refractivity contribution is -0.145. The Morgan fingerprint density at radius 1 is 1.30 bits per heavy atom. The quantitative estimate of drug-likeness (QED) is 0.846. The predicted octanol–water partition coefficient (Wildman–Crippen LogP) is 1.19. The third kappa shape index (κ3) is 3.88. The maximum atomic E-state index is 12.5. The fourth-order valence-corrected chi connectivity index (χ4v) is 2.89. The van der Waals surface area contributed by atoms with E-state index in [4.69, 9.17) is 0 Å². The van der Waals surface area contributed by atoms with Crippen LogP contribution >= 0.6 is 0 Å². The summed E-state index contributed by atoms with van der Waals surface area (Å²) in [5.41, 5.74) is 2.04. The third-order valence-corrected chi connectivity index (χ3v) is 4.25. The van der Waals surface area contributed by atoms with E-state index in [9.17, 15) is 14.4 Å². The van der Waals surface area contributed by atoms with Crippen molar-refractivity contribution in [1.82, 2.24) is 10.2 Å². The van der Waals surface area contributed by atoms with Crippen LogP contribution in [0.25, 0.3) is 0 Å². The summed E-state index contributed by atoms with van der Waals surface area (Å²) >= 11 is 0. The Bertz CT molecular complexity index is 597. The highest BCUT2D eigenvalue weighted by atomic mass is 16.5. The molecule has 6 nitrogen and oxygen atoms in total. The summed E-state index contributed by atoms with van der Waals surface area (Å²) in [6.07, 6.45) is 0.796. The van der Waals surface area contributed by atoms with Gasteiger partial charge in [0.1, 0.15) is 6.54 Å². The molecule has 1 aliphatic rings. The smallest absolute Gasteiger partial charge is 0.325 e. The van der Waals surface area contributed by atoms with Gasteiger partial charge < -0.3 is 15.0 Å². The summed E-state index contributed by atoms with van der Waals surface area (Å²) in [6, 6.07) is 7.48. The Balaban J connectivity index is 2.21. The van der Waals surface area contributed by atoms with Crippen molar-refractivity contribution < 1.29 is 19.1 Å². The van der Waals surface area contributed by atoms with E-state index >= 15 is 0 Å². The molecule has 1 aliphatic heterocycles. The molecule has 1 aromatic carbocycles. The van der Waals surface area contributed by atoms with Gasteiger partial charge in [-0.15, -0.1) is 0 Å². The lowest BCUT2D eigenvalue weighted by Gasteiger charge is -2.38. The summed E-state index contributed by atoms with van der Waals surface area (Å²) in [4.78, 5) is 37.3. The number of hydrogen-bond donors (Lipinski definition) is 1. The van der Waals surface area contributed by atoms with Gasteiger partial charge in [-0.1, -0.05) is 29.8 Å². The van der Waals surface area contributed by atoms with Crippen LogP contribution in [0.2, 0.25) is 0 Å². The van der Waals surface area contributed by atoms with Crippen LogP contribution < -0.4 is 5.32 Å². The molecule has 124 valence electrons. The van der Waals surface area contributed by atoms with Crippen LogP contribution in [0, 0.1) is 12.8 Å². The number of piperidine rings is 1. The maximum Gasteiger partial charge on any atom is 0.325 e.